The number of benzene rings is 5. The van der Waals surface area contributed by atoms with E-state index in [-0.39, 0.29) is 53.5 Å². The van der Waals surface area contributed by atoms with Crippen molar-refractivity contribution in [1.82, 2.24) is 0 Å². The van der Waals surface area contributed by atoms with Crippen LogP contribution in [0.5, 0.6) is 17.2 Å². The van der Waals surface area contributed by atoms with E-state index in [4.69, 9.17) is 9.47 Å². The number of carbonyl (C=O) groups excluding carboxylic acids is 4. The lowest BCUT2D eigenvalue weighted by Gasteiger charge is -2.55. The van der Waals surface area contributed by atoms with E-state index < -0.39 is 35.0 Å². The molecule has 284 valence electrons. The third-order valence-electron chi connectivity index (χ3n) is 12.4. The van der Waals surface area contributed by atoms with Gasteiger partial charge in [-0.15, -0.1) is 0 Å². The maximum absolute atomic E-state index is 15.4. The number of nitrogens with one attached hydrogen (secondary N) is 1. The van der Waals surface area contributed by atoms with Crippen LogP contribution >= 0.6 is 0 Å². The van der Waals surface area contributed by atoms with Crippen molar-refractivity contribution in [3.8, 4) is 17.2 Å². The average Bonchev–Trinajstić information content (AvgIpc) is 3.51. The molecule has 2 amide bonds. The first kappa shape index (κ1) is 35.9. The number of allylic oxidation sites excluding steroid dienone is 4. The monoisotopic (exact) mass is 756 g/mol. The number of carbonyl (C=O) groups is 4. The lowest BCUT2D eigenvalue weighted by atomic mass is 9.44. The molecule has 6 unspecified atom stereocenters. The van der Waals surface area contributed by atoms with Gasteiger partial charge in [-0.1, -0.05) is 90.5 Å². The highest BCUT2D eigenvalue weighted by Gasteiger charge is 2.66. The second kappa shape index (κ2) is 14.1. The second-order valence-corrected chi connectivity index (χ2v) is 15.1. The van der Waals surface area contributed by atoms with Crippen molar-refractivity contribution >= 4 is 46.0 Å². The van der Waals surface area contributed by atoms with E-state index >= 15 is 9.59 Å². The van der Waals surface area contributed by atoms with E-state index in [0.29, 0.717) is 28.0 Å². The van der Waals surface area contributed by atoms with Crippen LogP contribution in [0, 0.1) is 23.7 Å². The van der Waals surface area contributed by atoms with E-state index in [1.165, 1.54) is 37.3 Å². The minimum atomic E-state index is -1.49. The number of rotatable bonds is 8. The number of ether oxygens (including phenoxy) is 2. The van der Waals surface area contributed by atoms with Gasteiger partial charge in [0.2, 0.25) is 11.8 Å². The van der Waals surface area contributed by atoms with Crippen LogP contribution in [0.15, 0.2) is 145 Å². The van der Waals surface area contributed by atoms with E-state index in [1.54, 1.807) is 12.1 Å². The normalized spacial score (nSPS) is 25.2. The SMILES string of the molecule is COc1cc(O)cc(OC)c1C1C2=CCC3C(=O)N(c4ccc(Nc5ccccc5)cc4)C(=O)C3C2CC2C(=O)C(c3ccccc3)=CC(=O)C21c1ccccc1. The quantitative estimate of drug-likeness (QED) is 0.120. The lowest BCUT2D eigenvalue weighted by Crippen LogP contribution is -2.59. The summed E-state index contributed by atoms with van der Waals surface area (Å²) in [5.74, 6) is -4.54. The van der Waals surface area contributed by atoms with Crippen LogP contribution in [-0.2, 0) is 24.6 Å². The first-order valence-electron chi connectivity index (χ1n) is 19.1. The minimum Gasteiger partial charge on any atom is -0.508 e. The molecule has 2 N–H and O–H groups in total. The van der Waals surface area contributed by atoms with E-state index in [9.17, 15) is 14.7 Å². The Morgan fingerprint density at radius 1 is 0.719 bits per heavy atom. The molecule has 1 aliphatic heterocycles. The number of phenols is 1. The number of aromatic hydroxyl groups is 1. The lowest BCUT2D eigenvalue weighted by molar-refractivity contribution is -0.135. The summed E-state index contributed by atoms with van der Waals surface area (Å²) in [7, 11) is 2.96. The molecule has 3 aliphatic carbocycles. The van der Waals surface area contributed by atoms with Gasteiger partial charge in [0.25, 0.3) is 0 Å². The fourth-order valence-corrected chi connectivity index (χ4v) is 10.0. The maximum Gasteiger partial charge on any atom is 0.238 e. The summed E-state index contributed by atoms with van der Waals surface area (Å²) in [5, 5.41) is 14.1. The molecule has 9 nitrogen and oxygen atoms in total. The third kappa shape index (κ3) is 5.59. The number of amides is 2. The summed E-state index contributed by atoms with van der Waals surface area (Å²) in [6, 6.07) is 38.4. The Kier molecular flexibility index (Phi) is 8.88. The summed E-state index contributed by atoms with van der Waals surface area (Å²) >= 11 is 0. The zero-order chi connectivity index (χ0) is 39.4. The van der Waals surface area contributed by atoms with Crippen LogP contribution in [0.2, 0.25) is 0 Å². The smallest absolute Gasteiger partial charge is 0.238 e. The number of para-hydroxylation sites is 1. The highest BCUT2D eigenvalue weighted by atomic mass is 16.5. The second-order valence-electron chi connectivity index (χ2n) is 15.1. The van der Waals surface area contributed by atoms with E-state index in [2.05, 4.69) is 5.32 Å². The third-order valence-corrected chi connectivity index (χ3v) is 12.4. The number of hydrogen-bond acceptors (Lipinski definition) is 8. The number of nitrogens with zero attached hydrogens (tertiary/aromatic N) is 1. The number of methoxy groups -OCH3 is 2. The zero-order valence-electron chi connectivity index (χ0n) is 31.4. The molecule has 0 bridgehead atoms. The standard InChI is InChI=1S/C48H40N2O7/c1-56-39-24-33(51)25-40(57-2)43(39)44-34-22-23-35-42(47(55)50(46(35)54)32-20-18-31(19-21-32)49-30-16-10-5-11-17-30)37(34)26-38-45(53)36(28-12-6-3-7-13-28)27-41(52)48(38,44)29-14-8-4-9-15-29/h3-22,24-25,27,35,37-38,42,44,49,51H,23,26H2,1-2H3. The van der Waals surface area contributed by atoms with Crippen LogP contribution in [0.25, 0.3) is 5.57 Å². The molecular weight excluding hydrogens is 717 g/mol. The molecule has 5 aromatic rings. The van der Waals surface area contributed by atoms with Crippen molar-refractivity contribution in [2.75, 3.05) is 24.4 Å². The minimum absolute atomic E-state index is 0.0997. The van der Waals surface area contributed by atoms with Crippen LogP contribution in [0.1, 0.15) is 35.4 Å². The van der Waals surface area contributed by atoms with Gasteiger partial charge in [0.15, 0.2) is 11.6 Å². The van der Waals surface area contributed by atoms with Crippen LogP contribution in [-0.4, -0.2) is 42.7 Å². The van der Waals surface area contributed by atoms with Crippen molar-refractivity contribution < 1.29 is 33.8 Å². The van der Waals surface area contributed by atoms with Gasteiger partial charge in [0.1, 0.15) is 17.2 Å². The maximum atomic E-state index is 15.4. The van der Waals surface area contributed by atoms with Crippen molar-refractivity contribution in [3.63, 3.8) is 0 Å². The highest BCUT2D eigenvalue weighted by molar-refractivity contribution is 6.32. The van der Waals surface area contributed by atoms with Gasteiger partial charge in [0, 0.05) is 46.5 Å². The van der Waals surface area contributed by atoms with Gasteiger partial charge in [-0.05, 0) is 72.4 Å². The summed E-state index contributed by atoms with van der Waals surface area (Å²) in [5.41, 5.74) is 3.50. The molecule has 5 aromatic carbocycles. The molecule has 2 fully saturated rings. The summed E-state index contributed by atoms with van der Waals surface area (Å²) < 4.78 is 11.9. The molecule has 4 aliphatic rings. The van der Waals surface area contributed by atoms with Gasteiger partial charge in [-0.2, -0.15) is 0 Å². The summed E-state index contributed by atoms with van der Waals surface area (Å²) in [4.78, 5) is 61.2. The van der Waals surface area contributed by atoms with Crippen molar-refractivity contribution in [2.45, 2.75) is 24.2 Å². The topological polar surface area (TPSA) is 122 Å². The molecule has 0 aromatic heterocycles. The van der Waals surface area contributed by atoms with Gasteiger partial charge in [-0.3, -0.25) is 24.1 Å². The molecule has 1 saturated heterocycles. The number of imide groups is 1. The van der Waals surface area contributed by atoms with Crippen molar-refractivity contribution in [1.29, 1.82) is 0 Å². The van der Waals surface area contributed by atoms with Gasteiger partial charge < -0.3 is 19.9 Å². The number of hydrogen-bond donors (Lipinski definition) is 2. The van der Waals surface area contributed by atoms with Crippen molar-refractivity contribution in [2.24, 2.45) is 23.7 Å². The number of ketones is 2. The Hall–Kier alpha value is -6.74. The molecular formula is C48H40N2O7. The Balaban J connectivity index is 1.21. The van der Waals surface area contributed by atoms with E-state index in [1.807, 2.05) is 109 Å². The van der Waals surface area contributed by atoms with Gasteiger partial charge in [0.05, 0.1) is 37.2 Å². The predicted octanol–water partition coefficient (Wildman–Crippen LogP) is 8.18. The van der Waals surface area contributed by atoms with E-state index in [0.717, 1.165) is 16.9 Å². The molecule has 9 rings (SSSR count). The van der Waals surface area contributed by atoms with Crippen LogP contribution in [0.4, 0.5) is 17.1 Å². The number of phenolic OH excluding ortho intramolecular Hbond substituents is 1. The highest BCUT2D eigenvalue weighted by Crippen LogP contribution is 2.65. The first-order valence-corrected chi connectivity index (χ1v) is 19.1. The van der Waals surface area contributed by atoms with Crippen LogP contribution < -0.4 is 19.7 Å². The Labute approximate surface area is 330 Å². The molecule has 9 heteroatoms. The molecule has 0 spiro atoms. The number of Topliss-reactive ketones (excluding diaryl/α,β-unsaturated/α-hetero) is 1. The summed E-state index contributed by atoms with van der Waals surface area (Å²) in [6.45, 7) is 0. The van der Waals surface area contributed by atoms with Gasteiger partial charge >= 0.3 is 0 Å². The Bertz CT molecular complexity index is 2450. The first-order chi connectivity index (χ1) is 27.8. The molecule has 0 radical (unpaired) electrons. The molecule has 1 heterocycles. The predicted molar refractivity (Wildman–Crippen MR) is 216 cm³/mol. The zero-order valence-corrected chi connectivity index (χ0v) is 31.4. The Morgan fingerprint density at radius 2 is 1.32 bits per heavy atom. The average molecular weight is 757 g/mol. The number of fused-ring (bicyclic) bond motifs is 4. The van der Waals surface area contributed by atoms with Crippen molar-refractivity contribution in [3.05, 3.63) is 162 Å². The fourth-order valence-electron chi connectivity index (χ4n) is 10.0. The molecule has 1 saturated carbocycles. The molecule has 6 atom stereocenters. The Morgan fingerprint density at radius 3 is 1.95 bits per heavy atom. The van der Waals surface area contributed by atoms with Crippen LogP contribution in [0.3, 0.4) is 0 Å². The summed E-state index contributed by atoms with van der Waals surface area (Å²) in [6.07, 6.45) is 3.89. The van der Waals surface area contributed by atoms with Gasteiger partial charge in [-0.25, -0.2) is 0 Å². The number of anilines is 3. The largest absolute Gasteiger partial charge is 0.508 e. The molecule has 57 heavy (non-hydrogen) atoms. The fraction of sp³-hybridized carbons (Fsp3) is 0.208.